The van der Waals surface area contributed by atoms with E-state index in [0.29, 0.717) is 13.6 Å². The van der Waals surface area contributed by atoms with Crippen LogP contribution in [-0.4, -0.2) is 5.11 Å². The van der Waals surface area contributed by atoms with Gasteiger partial charge in [-0.2, -0.15) is 0 Å². The van der Waals surface area contributed by atoms with E-state index in [0.717, 1.165) is 0 Å². The zero-order chi connectivity index (χ0) is 8.43. The summed E-state index contributed by atoms with van der Waals surface area (Å²) in [6, 6.07) is 3.28. The molecule has 0 radical (unpaired) electrons. The summed E-state index contributed by atoms with van der Waals surface area (Å²) < 4.78 is 13.9. The third-order valence-electron chi connectivity index (χ3n) is 1.29. The Morgan fingerprint density at radius 1 is 1.55 bits per heavy atom. The second-order valence-corrected chi connectivity index (χ2v) is 3.93. The van der Waals surface area contributed by atoms with Gasteiger partial charge in [-0.25, -0.2) is 4.39 Å². The van der Waals surface area contributed by atoms with Gasteiger partial charge in [0.25, 0.3) is 0 Å². The molecule has 1 N–H and O–H groups in total. The minimum absolute atomic E-state index is 0.123. The van der Waals surface area contributed by atoms with Crippen molar-refractivity contribution in [1.82, 2.24) is 0 Å². The molecule has 0 aromatic heterocycles. The highest BCUT2D eigenvalue weighted by atomic mass is 127. The Bertz CT molecular complexity index is 277. The van der Waals surface area contributed by atoms with Crippen molar-refractivity contribution in [2.45, 2.75) is 6.61 Å². The zero-order valence-electron chi connectivity index (χ0n) is 5.44. The maximum atomic E-state index is 13.0. The molecule has 0 spiro atoms. The Morgan fingerprint density at radius 3 is 2.73 bits per heavy atom. The summed E-state index contributed by atoms with van der Waals surface area (Å²) in [6.45, 7) is -0.123. The van der Waals surface area contributed by atoms with Crippen LogP contribution in [0.2, 0.25) is 0 Å². The maximum Gasteiger partial charge on any atom is 0.151 e. The van der Waals surface area contributed by atoms with Crippen molar-refractivity contribution < 1.29 is 9.50 Å². The van der Waals surface area contributed by atoms with E-state index < -0.39 is 0 Å². The fraction of sp³-hybridized carbons (Fsp3) is 0.143. The average Bonchev–Trinajstić information content (AvgIpc) is 2.01. The lowest BCUT2D eigenvalue weighted by Crippen LogP contribution is -1.92. The van der Waals surface area contributed by atoms with Gasteiger partial charge in [-0.15, -0.1) is 0 Å². The lowest BCUT2D eigenvalue weighted by molar-refractivity contribution is 0.280. The topological polar surface area (TPSA) is 20.2 Å². The van der Waals surface area contributed by atoms with E-state index in [4.69, 9.17) is 5.11 Å². The standard InChI is InChI=1S/C7H5BrFIO/c8-5-2-1-4(3-11)7(10)6(5)9/h1-2,11H,3H2. The quantitative estimate of drug-likeness (QED) is 0.620. The summed E-state index contributed by atoms with van der Waals surface area (Å²) in [4.78, 5) is 0. The molecule has 0 aliphatic rings. The summed E-state index contributed by atoms with van der Waals surface area (Å²) in [5.41, 5.74) is 0.617. The van der Waals surface area contributed by atoms with Gasteiger partial charge in [-0.05, 0) is 50.2 Å². The van der Waals surface area contributed by atoms with Crippen molar-refractivity contribution in [3.8, 4) is 0 Å². The van der Waals surface area contributed by atoms with E-state index in [1.54, 1.807) is 12.1 Å². The fourth-order valence-electron chi connectivity index (χ4n) is 0.688. The van der Waals surface area contributed by atoms with Crippen molar-refractivity contribution in [3.05, 3.63) is 31.6 Å². The highest BCUT2D eigenvalue weighted by Gasteiger charge is 2.07. The van der Waals surface area contributed by atoms with Crippen LogP contribution < -0.4 is 0 Å². The first-order valence-corrected chi connectivity index (χ1v) is 4.77. The molecular weight excluding hydrogens is 326 g/mol. The number of hydrogen-bond donors (Lipinski definition) is 1. The van der Waals surface area contributed by atoms with Gasteiger partial charge in [-0.1, -0.05) is 6.07 Å². The van der Waals surface area contributed by atoms with Crippen LogP contribution in [-0.2, 0) is 6.61 Å². The van der Waals surface area contributed by atoms with Crippen molar-refractivity contribution in [2.24, 2.45) is 0 Å². The second kappa shape index (κ2) is 3.82. The molecule has 0 amide bonds. The molecule has 1 nitrogen and oxygen atoms in total. The summed E-state index contributed by atoms with van der Waals surface area (Å²) >= 11 is 4.91. The third-order valence-corrected chi connectivity index (χ3v) is 3.06. The largest absolute Gasteiger partial charge is 0.392 e. The molecular formula is C7H5BrFIO. The lowest BCUT2D eigenvalue weighted by Gasteiger charge is -2.02. The number of aliphatic hydroxyl groups is 1. The Hall–Kier alpha value is 0.320. The Kier molecular flexibility index (Phi) is 3.27. The molecule has 0 aliphatic carbocycles. The number of hydrogen-bond acceptors (Lipinski definition) is 1. The minimum atomic E-state index is -0.308. The number of halogens is 3. The highest BCUT2D eigenvalue weighted by molar-refractivity contribution is 14.1. The molecule has 0 aliphatic heterocycles. The van der Waals surface area contributed by atoms with Gasteiger partial charge in [0.1, 0.15) is 0 Å². The van der Waals surface area contributed by atoms with Gasteiger partial charge in [0.15, 0.2) is 5.82 Å². The Balaban J connectivity index is 3.25. The average molecular weight is 331 g/mol. The molecule has 1 aromatic rings. The first-order chi connectivity index (χ1) is 5.16. The molecule has 0 saturated carbocycles. The first-order valence-electron chi connectivity index (χ1n) is 2.90. The summed E-state index contributed by atoms with van der Waals surface area (Å²) in [6.07, 6.45) is 0. The van der Waals surface area contributed by atoms with Crippen molar-refractivity contribution in [3.63, 3.8) is 0 Å². The molecule has 0 fully saturated rings. The molecule has 0 unspecified atom stereocenters. The Labute approximate surface area is 85.9 Å². The van der Waals surface area contributed by atoms with E-state index in [1.165, 1.54) is 0 Å². The smallest absolute Gasteiger partial charge is 0.151 e. The maximum absolute atomic E-state index is 13.0. The molecule has 0 atom stereocenters. The van der Waals surface area contributed by atoms with Gasteiger partial charge in [0.2, 0.25) is 0 Å². The van der Waals surface area contributed by atoms with Gasteiger partial charge in [0, 0.05) is 0 Å². The Morgan fingerprint density at radius 2 is 2.18 bits per heavy atom. The normalized spacial score (nSPS) is 10.2. The van der Waals surface area contributed by atoms with E-state index in [2.05, 4.69) is 15.9 Å². The monoisotopic (exact) mass is 330 g/mol. The SMILES string of the molecule is OCc1ccc(Br)c(F)c1I. The van der Waals surface area contributed by atoms with Gasteiger partial charge < -0.3 is 5.11 Å². The van der Waals surface area contributed by atoms with Crippen molar-refractivity contribution in [1.29, 1.82) is 0 Å². The predicted octanol–water partition coefficient (Wildman–Crippen LogP) is 2.69. The van der Waals surface area contributed by atoms with Crippen LogP contribution in [0.5, 0.6) is 0 Å². The number of rotatable bonds is 1. The van der Waals surface area contributed by atoms with E-state index in [9.17, 15) is 4.39 Å². The van der Waals surface area contributed by atoms with Crippen LogP contribution in [0.3, 0.4) is 0 Å². The molecule has 0 bridgehead atoms. The van der Waals surface area contributed by atoms with Gasteiger partial charge in [-0.3, -0.25) is 0 Å². The number of aliphatic hydroxyl groups excluding tert-OH is 1. The summed E-state index contributed by atoms with van der Waals surface area (Å²) in [5.74, 6) is -0.308. The van der Waals surface area contributed by atoms with Crippen molar-refractivity contribution in [2.75, 3.05) is 0 Å². The fourth-order valence-corrected chi connectivity index (χ4v) is 2.03. The van der Waals surface area contributed by atoms with E-state index in [1.807, 2.05) is 22.6 Å². The molecule has 60 valence electrons. The molecule has 11 heavy (non-hydrogen) atoms. The van der Waals surface area contributed by atoms with E-state index >= 15 is 0 Å². The summed E-state index contributed by atoms with van der Waals surface area (Å²) in [5, 5.41) is 8.75. The number of benzene rings is 1. The highest BCUT2D eigenvalue weighted by Crippen LogP contribution is 2.23. The van der Waals surface area contributed by atoms with Crippen LogP contribution in [0, 0.1) is 9.39 Å². The van der Waals surface area contributed by atoms with Crippen molar-refractivity contribution >= 4 is 38.5 Å². The van der Waals surface area contributed by atoms with Gasteiger partial charge >= 0.3 is 0 Å². The second-order valence-electron chi connectivity index (χ2n) is 1.99. The molecule has 0 saturated heterocycles. The molecule has 1 rings (SSSR count). The van der Waals surface area contributed by atoms with Crippen LogP contribution in [0.25, 0.3) is 0 Å². The zero-order valence-corrected chi connectivity index (χ0v) is 9.19. The van der Waals surface area contributed by atoms with E-state index in [-0.39, 0.29) is 12.4 Å². The molecule has 1 aromatic carbocycles. The third kappa shape index (κ3) is 1.91. The van der Waals surface area contributed by atoms with Crippen LogP contribution in [0.15, 0.2) is 16.6 Å². The molecule has 4 heteroatoms. The van der Waals surface area contributed by atoms with Crippen LogP contribution in [0.4, 0.5) is 4.39 Å². The van der Waals surface area contributed by atoms with Crippen LogP contribution >= 0.6 is 38.5 Å². The first kappa shape index (κ1) is 9.41. The van der Waals surface area contributed by atoms with Crippen LogP contribution in [0.1, 0.15) is 5.56 Å². The van der Waals surface area contributed by atoms with Gasteiger partial charge in [0.05, 0.1) is 14.6 Å². The predicted molar refractivity (Wildman–Crippen MR) is 52.7 cm³/mol. The minimum Gasteiger partial charge on any atom is -0.392 e. The lowest BCUT2D eigenvalue weighted by atomic mass is 10.2. The summed E-state index contributed by atoms with van der Waals surface area (Å²) in [7, 11) is 0. The molecule has 0 heterocycles.